The number of hydrogen-bond acceptors (Lipinski definition) is 4. The van der Waals surface area contributed by atoms with E-state index in [4.69, 9.17) is 21.1 Å². The quantitative estimate of drug-likeness (QED) is 0.793. The van der Waals surface area contributed by atoms with Crippen LogP contribution >= 0.6 is 11.6 Å². The van der Waals surface area contributed by atoms with Gasteiger partial charge in [-0.25, -0.2) is 13.1 Å². The third-order valence-electron chi connectivity index (χ3n) is 2.91. The van der Waals surface area contributed by atoms with Crippen molar-refractivity contribution < 1.29 is 17.9 Å². The predicted octanol–water partition coefficient (Wildman–Crippen LogP) is 1.81. The van der Waals surface area contributed by atoms with Gasteiger partial charge in [0.1, 0.15) is 5.60 Å². The largest absolute Gasteiger partial charge is 0.382 e. The molecule has 1 aromatic carbocycles. The first kappa shape index (κ1) is 17.4. The number of ether oxygens (including phenoxy) is 2. The Kier molecular flexibility index (Phi) is 6.42. The normalized spacial score (nSPS) is 15.0. The lowest BCUT2D eigenvalue weighted by Gasteiger charge is -2.27. The van der Waals surface area contributed by atoms with Crippen LogP contribution in [0.2, 0.25) is 5.02 Å². The van der Waals surface area contributed by atoms with Crippen LogP contribution in [-0.4, -0.2) is 41.4 Å². The molecule has 0 aliphatic carbocycles. The van der Waals surface area contributed by atoms with Crippen LogP contribution in [0.1, 0.15) is 12.5 Å². The molecule has 0 unspecified atom stereocenters. The van der Waals surface area contributed by atoms with E-state index in [1.807, 2.05) is 0 Å². The summed E-state index contributed by atoms with van der Waals surface area (Å²) in [6.07, 6.45) is 0. The first-order valence-corrected chi connectivity index (χ1v) is 8.10. The fraction of sp³-hybridized carbons (Fsp3) is 0.538. The molecular weight excluding hydrogens is 302 g/mol. The van der Waals surface area contributed by atoms with E-state index in [1.165, 1.54) is 14.2 Å². The second-order valence-corrected chi connectivity index (χ2v) is 6.97. The lowest BCUT2D eigenvalue weighted by molar-refractivity contribution is -0.0460. The van der Waals surface area contributed by atoms with E-state index in [2.05, 4.69) is 4.72 Å². The summed E-state index contributed by atoms with van der Waals surface area (Å²) in [5.74, 6) is -0.167. The van der Waals surface area contributed by atoms with Crippen LogP contribution in [0.5, 0.6) is 0 Å². The topological polar surface area (TPSA) is 64.6 Å². The fourth-order valence-corrected chi connectivity index (χ4v) is 3.19. The summed E-state index contributed by atoms with van der Waals surface area (Å²) in [7, 11) is -0.436. The molecule has 1 rings (SSSR count). The highest BCUT2D eigenvalue weighted by atomic mass is 35.5. The maximum absolute atomic E-state index is 12.1. The van der Waals surface area contributed by atoms with Crippen molar-refractivity contribution in [3.8, 4) is 0 Å². The SMILES string of the molecule is COC[C@@](C)(CNS(=O)(=O)Cc1ccccc1Cl)OC. The maximum Gasteiger partial charge on any atom is 0.215 e. The molecule has 0 fully saturated rings. The van der Waals surface area contributed by atoms with Gasteiger partial charge in [-0.1, -0.05) is 29.8 Å². The van der Waals surface area contributed by atoms with Crippen molar-refractivity contribution in [2.75, 3.05) is 27.4 Å². The first-order valence-electron chi connectivity index (χ1n) is 6.07. The Morgan fingerprint density at radius 2 is 1.95 bits per heavy atom. The molecule has 0 amide bonds. The number of benzene rings is 1. The minimum atomic E-state index is -3.49. The second-order valence-electron chi connectivity index (χ2n) is 4.76. The standard InChI is InChI=1S/C13H20ClNO4S/c1-13(19-3,10-18-2)9-15-20(16,17)8-11-6-4-5-7-12(11)14/h4-7,15H,8-10H2,1-3H3/t13-/m1/s1. The van der Waals surface area contributed by atoms with E-state index in [9.17, 15) is 8.42 Å². The van der Waals surface area contributed by atoms with Gasteiger partial charge in [0.05, 0.1) is 12.4 Å². The van der Waals surface area contributed by atoms with E-state index in [-0.39, 0.29) is 18.9 Å². The van der Waals surface area contributed by atoms with Gasteiger partial charge in [-0.15, -0.1) is 0 Å². The maximum atomic E-state index is 12.1. The Labute approximate surface area is 125 Å². The molecule has 1 aromatic rings. The molecule has 0 saturated heterocycles. The number of halogens is 1. The third-order valence-corrected chi connectivity index (χ3v) is 4.56. The highest BCUT2D eigenvalue weighted by molar-refractivity contribution is 7.88. The van der Waals surface area contributed by atoms with Gasteiger partial charge >= 0.3 is 0 Å². The Morgan fingerprint density at radius 3 is 2.50 bits per heavy atom. The molecule has 0 heterocycles. The average molecular weight is 322 g/mol. The van der Waals surface area contributed by atoms with Crippen molar-refractivity contribution in [3.63, 3.8) is 0 Å². The summed E-state index contributed by atoms with van der Waals surface area (Å²) < 4.78 is 36.9. The first-order chi connectivity index (χ1) is 9.32. The van der Waals surface area contributed by atoms with Crippen molar-refractivity contribution >= 4 is 21.6 Å². The number of sulfonamides is 1. The highest BCUT2D eigenvalue weighted by Gasteiger charge is 2.26. The molecule has 0 saturated carbocycles. The van der Waals surface area contributed by atoms with Crippen molar-refractivity contribution in [1.82, 2.24) is 4.72 Å². The highest BCUT2D eigenvalue weighted by Crippen LogP contribution is 2.17. The average Bonchev–Trinajstić information content (AvgIpc) is 2.40. The van der Waals surface area contributed by atoms with Crippen LogP contribution in [0.4, 0.5) is 0 Å². The van der Waals surface area contributed by atoms with Gasteiger partial charge in [0.2, 0.25) is 10.0 Å². The molecule has 1 N–H and O–H groups in total. The van der Waals surface area contributed by atoms with Gasteiger partial charge in [-0.2, -0.15) is 0 Å². The molecule has 7 heteroatoms. The zero-order chi connectivity index (χ0) is 15.2. The summed E-state index contributed by atoms with van der Waals surface area (Å²) >= 11 is 5.96. The number of nitrogens with one attached hydrogen (secondary N) is 1. The van der Waals surface area contributed by atoms with E-state index >= 15 is 0 Å². The molecule has 0 radical (unpaired) electrons. The fourth-order valence-electron chi connectivity index (χ4n) is 1.62. The summed E-state index contributed by atoms with van der Waals surface area (Å²) in [6, 6.07) is 6.86. The van der Waals surface area contributed by atoms with Gasteiger partial charge in [0.25, 0.3) is 0 Å². The third kappa shape index (κ3) is 5.38. The number of methoxy groups -OCH3 is 2. The molecule has 0 aliphatic rings. The predicted molar refractivity (Wildman–Crippen MR) is 79.4 cm³/mol. The van der Waals surface area contributed by atoms with Crippen LogP contribution in [0.15, 0.2) is 24.3 Å². The number of rotatable bonds is 8. The van der Waals surface area contributed by atoms with Crippen LogP contribution in [0, 0.1) is 0 Å². The van der Waals surface area contributed by atoms with Gasteiger partial charge in [0.15, 0.2) is 0 Å². The Bertz CT molecular complexity index is 535. The molecular formula is C13H20ClNO4S. The van der Waals surface area contributed by atoms with Crippen molar-refractivity contribution in [3.05, 3.63) is 34.9 Å². The molecule has 114 valence electrons. The summed E-state index contributed by atoms with van der Waals surface area (Å²) in [6.45, 7) is 2.19. The molecule has 0 aromatic heterocycles. The smallest absolute Gasteiger partial charge is 0.215 e. The van der Waals surface area contributed by atoms with Crippen LogP contribution in [0.3, 0.4) is 0 Å². The van der Waals surface area contributed by atoms with Crippen molar-refractivity contribution in [1.29, 1.82) is 0 Å². The minimum absolute atomic E-state index is 0.129. The minimum Gasteiger partial charge on any atom is -0.382 e. The molecule has 0 aliphatic heterocycles. The van der Waals surface area contributed by atoms with Crippen LogP contribution < -0.4 is 4.72 Å². The van der Waals surface area contributed by atoms with Crippen molar-refractivity contribution in [2.24, 2.45) is 0 Å². The molecule has 1 atom stereocenters. The second kappa shape index (κ2) is 7.38. The van der Waals surface area contributed by atoms with Crippen molar-refractivity contribution in [2.45, 2.75) is 18.3 Å². The monoisotopic (exact) mass is 321 g/mol. The van der Waals surface area contributed by atoms with Gasteiger partial charge in [-0.05, 0) is 18.6 Å². The zero-order valence-corrected chi connectivity index (χ0v) is 13.4. The molecule has 20 heavy (non-hydrogen) atoms. The summed E-state index contributed by atoms with van der Waals surface area (Å²) in [4.78, 5) is 0. The number of hydrogen-bond donors (Lipinski definition) is 1. The molecule has 5 nitrogen and oxygen atoms in total. The Balaban J connectivity index is 2.69. The zero-order valence-electron chi connectivity index (χ0n) is 11.8. The summed E-state index contributed by atoms with van der Waals surface area (Å²) in [5.41, 5.74) is -0.144. The van der Waals surface area contributed by atoms with E-state index in [1.54, 1.807) is 31.2 Å². The molecule has 0 spiro atoms. The van der Waals surface area contributed by atoms with E-state index in [0.717, 1.165) is 0 Å². The summed E-state index contributed by atoms with van der Waals surface area (Å²) in [5, 5.41) is 0.435. The molecule has 0 bridgehead atoms. The van der Waals surface area contributed by atoms with Crippen LogP contribution in [-0.2, 0) is 25.2 Å². The van der Waals surface area contributed by atoms with Gasteiger partial charge < -0.3 is 9.47 Å². The van der Waals surface area contributed by atoms with Gasteiger partial charge in [0, 0.05) is 25.8 Å². The van der Waals surface area contributed by atoms with E-state index in [0.29, 0.717) is 10.6 Å². The van der Waals surface area contributed by atoms with Crippen LogP contribution in [0.25, 0.3) is 0 Å². The van der Waals surface area contributed by atoms with Gasteiger partial charge in [-0.3, -0.25) is 0 Å². The lowest BCUT2D eigenvalue weighted by atomic mass is 10.1. The van der Waals surface area contributed by atoms with E-state index < -0.39 is 15.6 Å². The lowest BCUT2D eigenvalue weighted by Crippen LogP contribution is -2.45. The Morgan fingerprint density at radius 1 is 1.30 bits per heavy atom. The Hall–Kier alpha value is -0.660.